The van der Waals surface area contributed by atoms with Crippen LogP contribution in [0.15, 0.2) is 65.7 Å². The number of halogens is 2. The third-order valence-corrected chi connectivity index (χ3v) is 11.0. The van der Waals surface area contributed by atoms with Crippen molar-refractivity contribution < 1.29 is 47.3 Å². The molecule has 3 aromatic rings. The van der Waals surface area contributed by atoms with Crippen LogP contribution in [0.4, 0.5) is 18.4 Å². The van der Waals surface area contributed by atoms with Gasteiger partial charge in [-0.3, -0.25) is 34.5 Å². The molecule has 2 atom stereocenters. The predicted molar refractivity (Wildman–Crippen MR) is 247 cm³/mol. The minimum Gasteiger partial charge on any atom is -0.508 e. The van der Waals surface area contributed by atoms with Gasteiger partial charge in [0.2, 0.25) is 17.7 Å². The first-order valence-electron chi connectivity index (χ1n) is 22.6. The number of aromatic hydroxyl groups is 1. The minimum atomic E-state index is -1.20. The molecule has 2 aliphatic heterocycles. The second kappa shape index (κ2) is 24.8. The number of hydrogen-bond donors (Lipinski definition) is 7. The maximum absolute atomic E-state index is 14.6. The van der Waals surface area contributed by atoms with E-state index in [1.807, 2.05) is 62.1 Å². The molecule has 0 radical (unpaired) electrons. The monoisotopic (exact) mass is 934 g/mol. The smallest absolute Gasteiger partial charge is 0.410 e. The summed E-state index contributed by atoms with van der Waals surface area (Å²) in [5, 5.41) is 22.6. The lowest BCUT2D eigenvalue weighted by Gasteiger charge is -2.35. The zero-order chi connectivity index (χ0) is 48.5. The predicted octanol–water partition coefficient (Wildman–Crippen LogP) is 3.77. The van der Waals surface area contributed by atoms with Crippen molar-refractivity contribution in [3.63, 3.8) is 0 Å². The van der Waals surface area contributed by atoms with Gasteiger partial charge in [0.25, 0.3) is 0 Å². The molecule has 67 heavy (non-hydrogen) atoms. The van der Waals surface area contributed by atoms with Crippen LogP contribution in [-0.2, 0) is 38.8 Å². The molecule has 0 saturated carbocycles. The van der Waals surface area contributed by atoms with E-state index in [2.05, 4.69) is 36.5 Å². The number of piperazine rings is 1. The fourth-order valence-corrected chi connectivity index (χ4v) is 7.55. The van der Waals surface area contributed by atoms with E-state index in [4.69, 9.17) is 15.2 Å². The number of amides is 6. The Morgan fingerprint density at radius 2 is 1.51 bits per heavy atom. The molecule has 0 unspecified atom stereocenters. The van der Waals surface area contributed by atoms with E-state index in [0.29, 0.717) is 50.5 Å². The summed E-state index contributed by atoms with van der Waals surface area (Å²) in [6.07, 6.45) is 0.990. The van der Waals surface area contributed by atoms with E-state index in [-0.39, 0.29) is 50.4 Å². The second-order valence-electron chi connectivity index (χ2n) is 17.3. The van der Waals surface area contributed by atoms with E-state index in [0.717, 1.165) is 49.3 Å². The molecule has 3 aromatic carbocycles. The van der Waals surface area contributed by atoms with Crippen LogP contribution in [0.5, 0.6) is 11.5 Å². The van der Waals surface area contributed by atoms with Crippen LogP contribution < -0.4 is 37.1 Å². The Bertz CT molecular complexity index is 2150. The molecule has 0 aliphatic carbocycles. The zero-order valence-electron chi connectivity index (χ0n) is 38.7. The van der Waals surface area contributed by atoms with Gasteiger partial charge in [-0.1, -0.05) is 43.3 Å². The molecule has 0 spiro atoms. The number of aliphatic imine (C=N–C) groups is 1. The summed E-state index contributed by atoms with van der Waals surface area (Å²) in [5.41, 5.74) is 7.64. The van der Waals surface area contributed by atoms with Crippen molar-refractivity contribution in [3.8, 4) is 11.5 Å². The number of hydrogen-bond acceptors (Lipinski definition) is 11. The summed E-state index contributed by atoms with van der Waals surface area (Å²) in [4.78, 5) is 74.6. The number of carbonyl (C=O) groups is 5. The zero-order valence-corrected chi connectivity index (χ0v) is 38.7. The van der Waals surface area contributed by atoms with Crippen LogP contribution in [0.3, 0.4) is 0 Å². The van der Waals surface area contributed by atoms with Crippen LogP contribution >= 0.6 is 0 Å². The summed E-state index contributed by atoms with van der Waals surface area (Å²) >= 11 is 0. The fraction of sp³-hybridized carbons (Fsp3) is 0.489. The first-order valence-corrected chi connectivity index (χ1v) is 22.6. The van der Waals surface area contributed by atoms with Crippen molar-refractivity contribution in [1.29, 1.82) is 0 Å². The number of nitrogens with two attached hydrogens (primary N) is 1. The highest BCUT2D eigenvalue weighted by molar-refractivity contribution is 5.95. The fourth-order valence-electron chi connectivity index (χ4n) is 7.55. The Labute approximate surface area is 390 Å². The topological polar surface area (TPSA) is 232 Å². The van der Waals surface area contributed by atoms with Crippen molar-refractivity contribution in [3.05, 3.63) is 94.6 Å². The van der Waals surface area contributed by atoms with Crippen LogP contribution in [0.2, 0.25) is 0 Å². The number of nitrogens with one attached hydrogen (secondary N) is 5. The average molecular weight is 935 g/mol. The van der Waals surface area contributed by atoms with Crippen molar-refractivity contribution >= 4 is 35.8 Å². The number of urea groups is 1. The number of phenolic OH excluding ortho intramolecular Hbond substituents is 1. The molecule has 20 heteroatoms. The van der Waals surface area contributed by atoms with Crippen LogP contribution in [0, 0.1) is 11.6 Å². The normalized spacial score (nSPS) is 15.2. The highest BCUT2D eigenvalue weighted by atomic mass is 19.1. The van der Waals surface area contributed by atoms with Gasteiger partial charge in [-0.05, 0) is 68.9 Å². The van der Waals surface area contributed by atoms with E-state index in [1.165, 1.54) is 0 Å². The molecule has 2 heterocycles. The molecular formula is C47H64F2N10O8. The number of fused-ring (bicyclic) bond motifs is 1. The Morgan fingerprint density at radius 1 is 0.866 bits per heavy atom. The van der Waals surface area contributed by atoms with Crippen molar-refractivity contribution in [2.45, 2.75) is 90.7 Å². The molecule has 1 saturated heterocycles. The summed E-state index contributed by atoms with van der Waals surface area (Å²) in [6.45, 7) is 11.9. The first kappa shape index (κ1) is 51.4. The Morgan fingerprint density at radius 3 is 2.13 bits per heavy atom. The second-order valence-corrected chi connectivity index (χ2v) is 17.3. The van der Waals surface area contributed by atoms with E-state index in [9.17, 15) is 37.9 Å². The lowest BCUT2D eigenvalue weighted by Crippen LogP contribution is -2.50. The summed E-state index contributed by atoms with van der Waals surface area (Å²) in [5.74, 6) is -3.68. The number of rotatable bonds is 20. The van der Waals surface area contributed by atoms with Crippen LogP contribution in [0.25, 0.3) is 0 Å². The molecule has 364 valence electrons. The van der Waals surface area contributed by atoms with Gasteiger partial charge in [0.1, 0.15) is 40.8 Å². The van der Waals surface area contributed by atoms with Gasteiger partial charge < -0.3 is 46.5 Å². The third kappa shape index (κ3) is 16.4. The molecule has 1 fully saturated rings. The van der Waals surface area contributed by atoms with Crippen molar-refractivity contribution in [1.82, 2.24) is 41.3 Å². The Kier molecular flexibility index (Phi) is 19.1. The van der Waals surface area contributed by atoms with Gasteiger partial charge in [-0.15, -0.1) is 0 Å². The van der Waals surface area contributed by atoms with Crippen LogP contribution in [-0.4, -0.2) is 126 Å². The number of benzene rings is 3. The molecule has 2 aliphatic rings. The highest BCUT2D eigenvalue weighted by Gasteiger charge is 2.34. The lowest BCUT2D eigenvalue weighted by molar-refractivity contribution is -0.132. The molecule has 8 N–H and O–H groups in total. The van der Waals surface area contributed by atoms with Gasteiger partial charge in [-0.25, -0.2) is 18.4 Å². The molecule has 6 amide bonds. The summed E-state index contributed by atoms with van der Waals surface area (Å²) in [6, 6.07) is 13.8. The Hall–Kier alpha value is -6.54. The molecule has 18 nitrogen and oxygen atoms in total. The maximum Gasteiger partial charge on any atom is 0.410 e. The van der Waals surface area contributed by atoms with Gasteiger partial charge in [0.15, 0.2) is 5.96 Å². The summed E-state index contributed by atoms with van der Waals surface area (Å²) < 4.78 is 40.9. The largest absolute Gasteiger partial charge is 0.508 e. The standard InChI is InChI=1S/C47H64F2N10O8/c1-5-40(61)51-18-19-53-45(64)56-44(50)52-17-8-12-39(42(62)54-28-36-37(48)26-34(60)27-38(36)49)55-43(63)41(59-29-32-10-6-7-11-33(32)30-59)31-13-15-35(16-14-31)66-25-9-20-57-21-23-58(24-22-57)46(65)67-47(2,3)4/h6-7,10-11,13-16,26-27,39,41,60H,5,8-9,12,17-25,28-30H2,1-4H3,(H,51,61)(H,54,62)(H,55,63)(H4,50,52,53,56,64)/t39-,41+/m1/s1. The lowest BCUT2D eigenvalue weighted by atomic mass is 10.0. The maximum atomic E-state index is 14.6. The SMILES string of the molecule is CCC(=O)NCCNC(=O)NC(N)=NCCC[C@@H](NC(=O)[C@H](c1ccc(OCCCN2CCN(C(=O)OC(C)(C)C)CC2)cc1)N1Cc2ccccc2C1)C(=O)NCc1c(F)cc(O)cc1F. The van der Waals surface area contributed by atoms with E-state index < -0.39 is 65.0 Å². The van der Waals surface area contributed by atoms with Crippen molar-refractivity contribution in [2.75, 3.05) is 59.0 Å². The van der Waals surface area contributed by atoms with Crippen molar-refractivity contribution in [2.24, 2.45) is 10.7 Å². The number of guanidine groups is 1. The minimum absolute atomic E-state index is 0.0252. The highest BCUT2D eigenvalue weighted by Crippen LogP contribution is 2.33. The quantitative estimate of drug-likeness (QED) is 0.0490. The third-order valence-electron chi connectivity index (χ3n) is 11.0. The molecule has 0 aromatic heterocycles. The van der Waals surface area contributed by atoms with Gasteiger partial charge >= 0.3 is 12.1 Å². The molecule has 5 rings (SSSR count). The van der Waals surface area contributed by atoms with Gasteiger partial charge in [0, 0.05) is 96.1 Å². The van der Waals surface area contributed by atoms with Gasteiger partial charge in [-0.2, -0.15) is 0 Å². The van der Waals surface area contributed by atoms with Gasteiger partial charge in [0.05, 0.1) is 6.61 Å². The molecule has 0 bridgehead atoms. The summed E-state index contributed by atoms with van der Waals surface area (Å²) in [7, 11) is 0. The van der Waals surface area contributed by atoms with E-state index >= 15 is 0 Å². The average Bonchev–Trinajstić information content (AvgIpc) is 3.71. The first-order chi connectivity index (χ1) is 32.0. The molecular weight excluding hydrogens is 871 g/mol. The number of nitrogens with zero attached hydrogens (tertiary/aromatic N) is 4. The number of phenols is 1. The van der Waals surface area contributed by atoms with Crippen LogP contribution in [0.1, 0.15) is 81.7 Å². The number of ether oxygens (including phenoxy) is 2. The van der Waals surface area contributed by atoms with E-state index in [1.54, 1.807) is 24.0 Å². The Balaban J connectivity index is 1.23. The number of carbonyl (C=O) groups excluding carboxylic acids is 5.